The van der Waals surface area contributed by atoms with Gasteiger partial charge in [-0.15, -0.1) is 0 Å². The number of amides is 1. The van der Waals surface area contributed by atoms with Gasteiger partial charge in [-0.2, -0.15) is 4.98 Å². The smallest absolute Gasteiger partial charge is 0.254 e. The summed E-state index contributed by atoms with van der Waals surface area (Å²) >= 11 is 0. The van der Waals surface area contributed by atoms with Crippen LogP contribution in [0, 0.1) is 6.92 Å². The van der Waals surface area contributed by atoms with Crippen molar-refractivity contribution in [2.75, 3.05) is 13.1 Å². The normalized spacial score (nSPS) is 13.9. The van der Waals surface area contributed by atoms with Crippen LogP contribution < -0.4 is 4.74 Å². The molecule has 0 saturated heterocycles. The SMILES string of the molecule is Cc1nc(COc2ccc(C(=O)N3CC=C(c4ccccc4)CC3)cc2)no1. The second-order valence-corrected chi connectivity index (χ2v) is 6.64. The molecule has 0 fully saturated rings. The summed E-state index contributed by atoms with van der Waals surface area (Å²) in [5, 5.41) is 3.79. The zero-order valence-corrected chi connectivity index (χ0v) is 15.7. The minimum absolute atomic E-state index is 0.0312. The Morgan fingerprint density at radius 2 is 1.93 bits per heavy atom. The second kappa shape index (κ2) is 8.08. The summed E-state index contributed by atoms with van der Waals surface area (Å²) in [6, 6.07) is 17.5. The molecule has 142 valence electrons. The van der Waals surface area contributed by atoms with Crippen LogP contribution in [-0.2, 0) is 6.61 Å². The average Bonchev–Trinajstić information content (AvgIpc) is 3.18. The first-order chi connectivity index (χ1) is 13.7. The van der Waals surface area contributed by atoms with Crippen molar-refractivity contribution in [3.8, 4) is 5.75 Å². The Bertz CT molecular complexity index is 978. The fraction of sp³-hybridized carbons (Fsp3) is 0.227. The Labute approximate surface area is 163 Å². The molecule has 6 nitrogen and oxygen atoms in total. The van der Waals surface area contributed by atoms with E-state index >= 15 is 0 Å². The van der Waals surface area contributed by atoms with E-state index in [1.54, 1.807) is 31.2 Å². The van der Waals surface area contributed by atoms with Crippen molar-refractivity contribution in [1.29, 1.82) is 0 Å². The van der Waals surface area contributed by atoms with Crippen LogP contribution in [-0.4, -0.2) is 34.0 Å². The summed E-state index contributed by atoms with van der Waals surface area (Å²) < 4.78 is 10.5. The molecule has 0 unspecified atom stereocenters. The van der Waals surface area contributed by atoms with E-state index in [9.17, 15) is 4.79 Å². The second-order valence-electron chi connectivity index (χ2n) is 6.64. The lowest BCUT2D eigenvalue weighted by atomic mass is 9.99. The lowest BCUT2D eigenvalue weighted by Crippen LogP contribution is -2.34. The molecule has 6 heteroatoms. The molecule has 3 aromatic rings. The Balaban J connectivity index is 1.35. The molecule has 4 rings (SSSR count). The van der Waals surface area contributed by atoms with E-state index in [0.717, 1.165) is 13.0 Å². The first kappa shape index (κ1) is 18.0. The topological polar surface area (TPSA) is 68.5 Å². The number of hydrogen-bond donors (Lipinski definition) is 0. The van der Waals surface area contributed by atoms with Gasteiger partial charge in [0.2, 0.25) is 11.7 Å². The van der Waals surface area contributed by atoms with Crippen molar-refractivity contribution in [1.82, 2.24) is 15.0 Å². The molecule has 28 heavy (non-hydrogen) atoms. The number of rotatable bonds is 5. The third-order valence-electron chi connectivity index (χ3n) is 4.68. The van der Waals surface area contributed by atoms with Gasteiger partial charge < -0.3 is 14.2 Å². The van der Waals surface area contributed by atoms with Crippen molar-refractivity contribution in [3.63, 3.8) is 0 Å². The fourth-order valence-corrected chi connectivity index (χ4v) is 3.19. The average molecular weight is 375 g/mol. The minimum Gasteiger partial charge on any atom is -0.485 e. The van der Waals surface area contributed by atoms with Gasteiger partial charge in [-0.3, -0.25) is 4.79 Å². The Morgan fingerprint density at radius 1 is 1.14 bits per heavy atom. The van der Waals surface area contributed by atoms with Crippen molar-refractivity contribution < 1.29 is 14.1 Å². The number of aromatic nitrogens is 2. The highest BCUT2D eigenvalue weighted by atomic mass is 16.5. The number of carbonyl (C=O) groups is 1. The number of nitrogens with zero attached hydrogens (tertiary/aromatic N) is 3. The number of hydrogen-bond acceptors (Lipinski definition) is 5. The lowest BCUT2D eigenvalue weighted by Gasteiger charge is -2.27. The van der Waals surface area contributed by atoms with Crippen LogP contribution in [0.2, 0.25) is 0 Å². The third-order valence-corrected chi connectivity index (χ3v) is 4.68. The van der Waals surface area contributed by atoms with E-state index in [1.807, 2.05) is 23.1 Å². The molecular formula is C22H21N3O3. The van der Waals surface area contributed by atoms with Gasteiger partial charge in [-0.25, -0.2) is 0 Å². The number of ether oxygens (including phenoxy) is 1. The van der Waals surface area contributed by atoms with E-state index in [0.29, 0.717) is 29.6 Å². The molecule has 2 aromatic carbocycles. The Kier molecular flexibility index (Phi) is 5.19. The highest BCUT2D eigenvalue weighted by Crippen LogP contribution is 2.23. The van der Waals surface area contributed by atoms with Crippen molar-refractivity contribution >= 4 is 11.5 Å². The van der Waals surface area contributed by atoms with Crippen molar-refractivity contribution in [3.05, 3.63) is 83.5 Å². The summed E-state index contributed by atoms with van der Waals surface area (Å²) in [6.45, 7) is 3.30. The van der Waals surface area contributed by atoms with Crippen molar-refractivity contribution in [2.45, 2.75) is 20.0 Å². The summed E-state index contributed by atoms with van der Waals surface area (Å²) in [5.74, 6) is 1.69. The molecule has 0 atom stereocenters. The first-order valence-corrected chi connectivity index (χ1v) is 9.25. The summed E-state index contributed by atoms with van der Waals surface area (Å²) in [6.07, 6.45) is 3.00. The summed E-state index contributed by atoms with van der Waals surface area (Å²) in [7, 11) is 0. The quantitative estimate of drug-likeness (QED) is 0.677. The van der Waals surface area contributed by atoms with Gasteiger partial charge in [0, 0.05) is 25.6 Å². The van der Waals surface area contributed by atoms with E-state index in [1.165, 1.54) is 11.1 Å². The Morgan fingerprint density at radius 3 is 2.57 bits per heavy atom. The minimum atomic E-state index is 0.0312. The molecular weight excluding hydrogens is 354 g/mol. The molecule has 0 aliphatic carbocycles. The Hall–Kier alpha value is -3.41. The van der Waals surface area contributed by atoms with Gasteiger partial charge >= 0.3 is 0 Å². The fourth-order valence-electron chi connectivity index (χ4n) is 3.19. The van der Waals surface area contributed by atoms with Gasteiger partial charge in [-0.05, 0) is 41.8 Å². The molecule has 1 amide bonds. The van der Waals surface area contributed by atoms with Crippen molar-refractivity contribution in [2.24, 2.45) is 0 Å². The van der Waals surface area contributed by atoms with Gasteiger partial charge in [-0.1, -0.05) is 41.6 Å². The lowest BCUT2D eigenvalue weighted by molar-refractivity contribution is 0.0773. The van der Waals surface area contributed by atoms with Crippen LogP contribution in [0.5, 0.6) is 5.75 Å². The maximum atomic E-state index is 12.8. The van der Waals surface area contributed by atoms with Gasteiger partial charge in [0.05, 0.1) is 0 Å². The first-order valence-electron chi connectivity index (χ1n) is 9.25. The molecule has 0 radical (unpaired) electrons. The number of benzene rings is 2. The highest BCUT2D eigenvalue weighted by Gasteiger charge is 2.19. The zero-order valence-electron chi connectivity index (χ0n) is 15.7. The van der Waals surface area contributed by atoms with Crippen LogP contribution in [0.25, 0.3) is 5.57 Å². The molecule has 1 aliphatic heterocycles. The predicted octanol–water partition coefficient (Wildman–Crippen LogP) is 3.89. The zero-order chi connectivity index (χ0) is 19.3. The molecule has 0 saturated carbocycles. The number of carbonyl (C=O) groups excluding carboxylic acids is 1. The molecule has 2 heterocycles. The van der Waals surface area contributed by atoms with E-state index in [4.69, 9.17) is 9.26 Å². The number of aryl methyl sites for hydroxylation is 1. The monoisotopic (exact) mass is 375 g/mol. The molecule has 0 spiro atoms. The van der Waals surface area contributed by atoms with E-state index < -0.39 is 0 Å². The predicted molar refractivity (Wildman–Crippen MR) is 105 cm³/mol. The largest absolute Gasteiger partial charge is 0.485 e. The summed E-state index contributed by atoms with van der Waals surface area (Å²) in [4.78, 5) is 18.7. The van der Waals surface area contributed by atoms with E-state index in [2.05, 4.69) is 28.3 Å². The van der Waals surface area contributed by atoms with Crippen LogP contribution in [0.4, 0.5) is 0 Å². The standard InChI is InChI=1S/C22H21N3O3/c1-16-23-21(24-28-16)15-27-20-9-7-19(8-10-20)22(26)25-13-11-18(12-14-25)17-5-3-2-4-6-17/h2-11H,12-15H2,1H3. The summed E-state index contributed by atoms with van der Waals surface area (Å²) in [5.41, 5.74) is 3.18. The maximum absolute atomic E-state index is 12.8. The van der Waals surface area contributed by atoms with Gasteiger partial charge in [0.1, 0.15) is 5.75 Å². The maximum Gasteiger partial charge on any atom is 0.254 e. The molecule has 1 aromatic heterocycles. The van der Waals surface area contributed by atoms with E-state index in [-0.39, 0.29) is 12.5 Å². The molecule has 0 bridgehead atoms. The van der Waals surface area contributed by atoms with Crippen LogP contribution in [0.15, 0.2) is 65.2 Å². The highest BCUT2D eigenvalue weighted by molar-refractivity contribution is 5.95. The van der Waals surface area contributed by atoms with Crippen LogP contribution >= 0.6 is 0 Å². The van der Waals surface area contributed by atoms with Crippen LogP contribution in [0.1, 0.15) is 34.1 Å². The van der Waals surface area contributed by atoms with Gasteiger partial charge in [0.15, 0.2) is 6.61 Å². The van der Waals surface area contributed by atoms with Crippen LogP contribution in [0.3, 0.4) is 0 Å². The molecule has 0 N–H and O–H groups in total. The third kappa shape index (κ3) is 4.11. The molecule has 1 aliphatic rings. The van der Waals surface area contributed by atoms with Gasteiger partial charge in [0.25, 0.3) is 5.91 Å².